The zero-order chi connectivity index (χ0) is 14.4. The first-order valence-electron chi connectivity index (χ1n) is 6.46. The number of aromatic nitrogens is 1. The molecule has 0 atom stereocenters. The Hall–Kier alpha value is -1.91. The molecule has 104 valence electrons. The van der Waals surface area contributed by atoms with Gasteiger partial charge < -0.3 is 9.80 Å². The minimum absolute atomic E-state index is 0.0477. The lowest BCUT2D eigenvalue weighted by Gasteiger charge is -2.23. The van der Waals surface area contributed by atoms with Gasteiger partial charge in [-0.05, 0) is 32.9 Å². The third-order valence-corrected chi connectivity index (χ3v) is 2.94. The summed E-state index contributed by atoms with van der Waals surface area (Å²) in [5.74, 6) is -0.280. The minimum atomic E-state index is -0.232. The van der Waals surface area contributed by atoms with Crippen LogP contribution in [0, 0.1) is 6.92 Å². The first-order chi connectivity index (χ1) is 8.99. The van der Waals surface area contributed by atoms with Crippen LogP contribution in [0.3, 0.4) is 0 Å². The van der Waals surface area contributed by atoms with Crippen molar-refractivity contribution in [1.82, 2.24) is 14.8 Å². The van der Waals surface area contributed by atoms with E-state index in [2.05, 4.69) is 4.98 Å². The van der Waals surface area contributed by atoms with Crippen molar-refractivity contribution in [3.05, 3.63) is 29.6 Å². The fraction of sp³-hybridized carbons (Fsp3) is 0.500. The number of amides is 2. The van der Waals surface area contributed by atoms with E-state index in [1.807, 2.05) is 26.8 Å². The van der Waals surface area contributed by atoms with Crippen LogP contribution < -0.4 is 0 Å². The highest BCUT2D eigenvalue weighted by Crippen LogP contribution is 2.03. The largest absolute Gasteiger partial charge is 0.342 e. The maximum absolute atomic E-state index is 12.1. The smallest absolute Gasteiger partial charge is 0.272 e. The number of likely N-dealkylation sites (N-methyl/N-ethyl adjacent to an activating group) is 2. The van der Waals surface area contributed by atoms with Crippen molar-refractivity contribution < 1.29 is 9.59 Å². The van der Waals surface area contributed by atoms with E-state index in [1.165, 1.54) is 4.90 Å². The van der Waals surface area contributed by atoms with E-state index in [0.29, 0.717) is 18.8 Å². The summed E-state index contributed by atoms with van der Waals surface area (Å²) in [6.45, 7) is 7.06. The summed E-state index contributed by atoms with van der Waals surface area (Å²) in [7, 11) is 1.62. The van der Waals surface area contributed by atoms with Gasteiger partial charge in [0.1, 0.15) is 5.69 Å². The second-order valence-corrected chi connectivity index (χ2v) is 4.39. The van der Waals surface area contributed by atoms with Gasteiger partial charge in [0, 0.05) is 25.8 Å². The van der Waals surface area contributed by atoms with Crippen LogP contribution in [0.5, 0.6) is 0 Å². The first-order valence-corrected chi connectivity index (χ1v) is 6.46. The third-order valence-electron chi connectivity index (χ3n) is 2.94. The van der Waals surface area contributed by atoms with Crippen LogP contribution in [0.4, 0.5) is 0 Å². The van der Waals surface area contributed by atoms with Crippen LogP contribution in [0.15, 0.2) is 18.2 Å². The number of hydrogen-bond donors (Lipinski definition) is 0. The second kappa shape index (κ2) is 6.87. The Morgan fingerprint density at radius 1 is 1.21 bits per heavy atom. The van der Waals surface area contributed by atoms with Crippen molar-refractivity contribution in [3.8, 4) is 0 Å². The van der Waals surface area contributed by atoms with Crippen molar-refractivity contribution in [2.24, 2.45) is 0 Å². The van der Waals surface area contributed by atoms with Gasteiger partial charge in [0.15, 0.2) is 0 Å². The molecule has 5 nitrogen and oxygen atoms in total. The summed E-state index contributed by atoms with van der Waals surface area (Å²) < 4.78 is 0. The van der Waals surface area contributed by atoms with Crippen molar-refractivity contribution in [2.75, 3.05) is 26.7 Å². The molecule has 1 aromatic heterocycles. The number of rotatable bonds is 5. The molecule has 0 saturated carbocycles. The van der Waals surface area contributed by atoms with E-state index in [4.69, 9.17) is 0 Å². The molecule has 0 aliphatic rings. The van der Waals surface area contributed by atoms with E-state index in [9.17, 15) is 9.59 Å². The number of hydrogen-bond acceptors (Lipinski definition) is 3. The monoisotopic (exact) mass is 263 g/mol. The van der Waals surface area contributed by atoms with Crippen LogP contribution in [0.1, 0.15) is 30.0 Å². The SMILES string of the molecule is CCN(CC)C(=O)CN(C)C(=O)c1cccc(C)n1. The van der Waals surface area contributed by atoms with Gasteiger partial charge in [0.2, 0.25) is 5.91 Å². The van der Waals surface area contributed by atoms with Crippen LogP contribution in [-0.4, -0.2) is 53.3 Å². The highest BCUT2D eigenvalue weighted by atomic mass is 16.2. The van der Waals surface area contributed by atoms with E-state index < -0.39 is 0 Å². The Morgan fingerprint density at radius 3 is 2.37 bits per heavy atom. The van der Waals surface area contributed by atoms with Crippen LogP contribution in [0.25, 0.3) is 0 Å². The Bertz CT molecular complexity index is 456. The summed E-state index contributed by atoms with van der Waals surface area (Å²) in [5, 5.41) is 0. The number of nitrogens with zero attached hydrogens (tertiary/aromatic N) is 3. The number of aryl methyl sites for hydroxylation is 1. The Morgan fingerprint density at radius 2 is 1.84 bits per heavy atom. The van der Waals surface area contributed by atoms with Gasteiger partial charge in [-0.25, -0.2) is 4.98 Å². The van der Waals surface area contributed by atoms with Gasteiger partial charge in [-0.15, -0.1) is 0 Å². The molecule has 0 fully saturated rings. The molecule has 0 aromatic carbocycles. The maximum Gasteiger partial charge on any atom is 0.272 e. The Balaban J connectivity index is 2.70. The summed E-state index contributed by atoms with van der Waals surface area (Å²) in [4.78, 5) is 31.3. The number of carbonyl (C=O) groups excluding carboxylic acids is 2. The van der Waals surface area contributed by atoms with Crippen molar-refractivity contribution >= 4 is 11.8 Å². The molecule has 19 heavy (non-hydrogen) atoms. The average molecular weight is 263 g/mol. The molecule has 0 aliphatic carbocycles. The second-order valence-electron chi connectivity index (χ2n) is 4.39. The average Bonchev–Trinajstić information content (AvgIpc) is 2.39. The predicted octanol–water partition coefficient (Wildman–Crippen LogP) is 1.33. The van der Waals surface area contributed by atoms with Gasteiger partial charge in [-0.2, -0.15) is 0 Å². The van der Waals surface area contributed by atoms with Crippen molar-refractivity contribution in [1.29, 1.82) is 0 Å². The van der Waals surface area contributed by atoms with Crippen LogP contribution >= 0.6 is 0 Å². The minimum Gasteiger partial charge on any atom is -0.342 e. The molecule has 0 radical (unpaired) electrons. The number of pyridine rings is 1. The molecule has 0 unspecified atom stereocenters. The topological polar surface area (TPSA) is 53.5 Å². The van der Waals surface area contributed by atoms with Crippen LogP contribution in [0.2, 0.25) is 0 Å². The number of carbonyl (C=O) groups is 2. The summed E-state index contributed by atoms with van der Waals surface area (Å²) >= 11 is 0. The molecule has 5 heteroatoms. The molecule has 0 bridgehead atoms. The van der Waals surface area contributed by atoms with E-state index >= 15 is 0 Å². The quantitative estimate of drug-likeness (QED) is 0.805. The van der Waals surface area contributed by atoms with Gasteiger partial charge in [0.05, 0.1) is 6.54 Å². The highest BCUT2D eigenvalue weighted by Gasteiger charge is 2.18. The fourth-order valence-corrected chi connectivity index (χ4v) is 1.81. The maximum atomic E-state index is 12.1. The summed E-state index contributed by atoms with van der Waals surface area (Å²) in [6, 6.07) is 5.28. The van der Waals surface area contributed by atoms with Gasteiger partial charge in [-0.1, -0.05) is 6.07 Å². The van der Waals surface area contributed by atoms with Crippen LogP contribution in [-0.2, 0) is 4.79 Å². The molecule has 1 aromatic rings. The lowest BCUT2D eigenvalue weighted by Crippen LogP contribution is -2.41. The molecule has 0 N–H and O–H groups in total. The fourth-order valence-electron chi connectivity index (χ4n) is 1.81. The molecule has 0 saturated heterocycles. The normalized spacial score (nSPS) is 10.1. The molecule has 0 aliphatic heterocycles. The molecular formula is C14H21N3O2. The molecule has 1 rings (SSSR count). The van der Waals surface area contributed by atoms with Gasteiger partial charge >= 0.3 is 0 Å². The Kier molecular flexibility index (Phi) is 5.48. The predicted molar refractivity (Wildman–Crippen MR) is 73.9 cm³/mol. The summed E-state index contributed by atoms with van der Waals surface area (Å²) in [5.41, 5.74) is 1.16. The highest BCUT2D eigenvalue weighted by molar-refractivity contribution is 5.94. The van der Waals surface area contributed by atoms with E-state index in [1.54, 1.807) is 24.1 Å². The third kappa shape index (κ3) is 4.05. The van der Waals surface area contributed by atoms with Gasteiger partial charge in [0.25, 0.3) is 5.91 Å². The zero-order valence-electron chi connectivity index (χ0n) is 12.0. The summed E-state index contributed by atoms with van der Waals surface area (Å²) in [6.07, 6.45) is 0. The molecule has 1 heterocycles. The molecule has 2 amide bonds. The molecular weight excluding hydrogens is 242 g/mol. The standard InChI is InChI=1S/C14H21N3O2/c1-5-17(6-2)13(18)10-16(4)14(19)12-9-7-8-11(3)15-12/h7-9H,5-6,10H2,1-4H3. The van der Waals surface area contributed by atoms with E-state index in [-0.39, 0.29) is 18.4 Å². The van der Waals surface area contributed by atoms with E-state index in [0.717, 1.165) is 5.69 Å². The lowest BCUT2D eigenvalue weighted by molar-refractivity contribution is -0.131. The lowest BCUT2D eigenvalue weighted by atomic mass is 10.3. The van der Waals surface area contributed by atoms with Crippen molar-refractivity contribution in [2.45, 2.75) is 20.8 Å². The zero-order valence-corrected chi connectivity index (χ0v) is 12.0. The first kappa shape index (κ1) is 15.1. The van der Waals surface area contributed by atoms with Gasteiger partial charge in [-0.3, -0.25) is 9.59 Å². The van der Waals surface area contributed by atoms with Crippen molar-refractivity contribution in [3.63, 3.8) is 0 Å². The molecule has 0 spiro atoms. The Labute approximate surface area is 114 Å².